The Morgan fingerprint density at radius 2 is 2.26 bits per heavy atom. The molecule has 0 radical (unpaired) electrons. The third-order valence-electron chi connectivity index (χ3n) is 4.80. The maximum Gasteiger partial charge on any atom is 0.233 e. The standard InChI is InChI=1S/C13H24N4O2/c1-3-13(2,11(14)16-19)12(18)15-9-6-8-17-7-4-5-10(9)17/h9-10,19H,3-8H2,1-2H3,(H2,14,16)(H,15,18). The Morgan fingerprint density at radius 1 is 1.53 bits per heavy atom. The van der Waals surface area contributed by atoms with Crippen LogP contribution in [0.3, 0.4) is 0 Å². The minimum absolute atomic E-state index is 0.0197. The van der Waals surface area contributed by atoms with E-state index in [0.29, 0.717) is 12.5 Å². The number of amides is 1. The fraction of sp³-hybridized carbons (Fsp3) is 0.846. The Labute approximate surface area is 114 Å². The van der Waals surface area contributed by atoms with Crippen molar-refractivity contribution in [1.82, 2.24) is 10.2 Å². The third kappa shape index (κ3) is 2.41. The summed E-state index contributed by atoms with van der Waals surface area (Å²) in [7, 11) is 0. The summed E-state index contributed by atoms with van der Waals surface area (Å²) in [6.07, 6.45) is 3.86. The van der Waals surface area contributed by atoms with Crippen LogP contribution in [0.15, 0.2) is 5.16 Å². The van der Waals surface area contributed by atoms with E-state index in [-0.39, 0.29) is 17.8 Å². The second-order valence-corrected chi connectivity index (χ2v) is 5.79. The first-order valence-electron chi connectivity index (χ1n) is 7.06. The van der Waals surface area contributed by atoms with Crippen LogP contribution >= 0.6 is 0 Å². The normalized spacial score (nSPS) is 30.9. The number of carbonyl (C=O) groups excluding carboxylic acids is 1. The van der Waals surface area contributed by atoms with Crippen LogP contribution < -0.4 is 11.1 Å². The van der Waals surface area contributed by atoms with Crippen LogP contribution in [-0.2, 0) is 4.79 Å². The summed E-state index contributed by atoms with van der Waals surface area (Å²) >= 11 is 0. The van der Waals surface area contributed by atoms with Crippen molar-refractivity contribution in [3.8, 4) is 0 Å². The summed E-state index contributed by atoms with van der Waals surface area (Å²) in [4.78, 5) is 14.9. The second-order valence-electron chi connectivity index (χ2n) is 5.79. The van der Waals surface area contributed by atoms with Gasteiger partial charge in [-0.15, -0.1) is 0 Å². The minimum Gasteiger partial charge on any atom is -0.409 e. The number of hydrogen-bond acceptors (Lipinski definition) is 4. The number of carbonyl (C=O) groups is 1. The predicted octanol–water partition coefficient (Wildman–Crippen LogP) is 0.502. The van der Waals surface area contributed by atoms with Gasteiger partial charge in [0.05, 0.1) is 0 Å². The predicted molar refractivity (Wildman–Crippen MR) is 72.9 cm³/mol. The first kappa shape index (κ1) is 14.1. The molecule has 2 fully saturated rings. The number of hydrogen-bond donors (Lipinski definition) is 3. The van der Waals surface area contributed by atoms with Crippen LogP contribution in [0.4, 0.5) is 0 Å². The summed E-state index contributed by atoms with van der Waals surface area (Å²) in [5.74, 6) is -0.155. The Hall–Kier alpha value is -1.30. The van der Waals surface area contributed by atoms with Crippen LogP contribution in [0.2, 0.25) is 0 Å². The van der Waals surface area contributed by atoms with E-state index in [1.54, 1.807) is 6.92 Å². The van der Waals surface area contributed by atoms with E-state index in [2.05, 4.69) is 15.4 Å². The fourth-order valence-corrected chi connectivity index (χ4v) is 3.15. The summed E-state index contributed by atoms with van der Waals surface area (Å²) in [6, 6.07) is 0.671. The molecule has 19 heavy (non-hydrogen) atoms. The van der Waals surface area contributed by atoms with Gasteiger partial charge in [-0.05, 0) is 39.2 Å². The Kier molecular flexibility index (Phi) is 3.99. The molecular formula is C13H24N4O2. The van der Waals surface area contributed by atoms with Gasteiger partial charge in [0.1, 0.15) is 5.41 Å². The van der Waals surface area contributed by atoms with Crippen molar-refractivity contribution in [2.75, 3.05) is 13.1 Å². The number of oxime groups is 1. The first-order chi connectivity index (χ1) is 9.02. The number of fused-ring (bicyclic) bond motifs is 1. The summed E-state index contributed by atoms with van der Waals surface area (Å²) in [6.45, 7) is 5.79. The average Bonchev–Trinajstić information content (AvgIpc) is 3.01. The van der Waals surface area contributed by atoms with Gasteiger partial charge in [0.15, 0.2) is 5.84 Å². The van der Waals surface area contributed by atoms with Crippen LogP contribution in [-0.4, -0.2) is 47.0 Å². The van der Waals surface area contributed by atoms with E-state index in [9.17, 15) is 4.79 Å². The number of rotatable bonds is 4. The van der Waals surface area contributed by atoms with Gasteiger partial charge in [-0.1, -0.05) is 12.1 Å². The molecule has 6 heteroatoms. The third-order valence-corrected chi connectivity index (χ3v) is 4.80. The van der Waals surface area contributed by atoms with E-state index in [0.717, 1.165) is 25.9 Å². The quantitative estimate of drug-likeness (QED) is 0.300. The molecule has 0 saturated carbocycles. The Balaban J connectivity index is 2.04. The molecule has 6 nitrogen and oxygen atoms in total. The van der Waals surface area contributed by atoms with E-state index in [4.69, 9.17) is 10.9 Å². The Morgan fingerprint density at radius 3 is 2.89 bits per heavy atom. The Bertz CT molecular complexity index is 385. The summed E-state index contributed by atoms with van der Waals surface area (Å²) < 4.78 is 0. The monoisotopic (exact) mass is 268 g/mol. The van der Waals surface area contributed by atoms with Gasteiger partial charge in [-0.25, -0.2) is 0 Å². The molecule has 4 N–H and O–H groups in total. The van der Waals surface area contributed by atoms with Gasteiger partial charge in [-0.2, -0.15) is 0 Å². The lowest BCUT2D eigenvalue weighted by Crippen LogP contribution is -2.52. The number of nitrogens with one attached hydrogen (secondary N) is 1. The molecule has 2 aliphatic heterocycles. The second kappa shape index (κ2) is 5.36. The van der Waals surface area contributed by atoms with Gasteiger partial charge in [0, 0.05) is 18.6 Å². The van der Waals surface area contributed by atoms with Gasteiger partial charge in [-0.3, -0.25) is 9.69 Å². The molecule has 2 rings (SSSR count). The molecule has 0 aromatic carbocycles. The number of amidine groups is 1. The zero-order valence-electron chi connectivity index (χ0n) is 11.7. The van der Waals surface area contributed by atoms with Crippen LogP contribution in [0.5, 0.6) is 0 Å². The van der Waals surface area contributed by atoms with Crippen LogP contribution in [0.1, 0.15) is 39.5 Å². The molecule has 2 saturated heterocycles. The molecule has 0 bridgehead atoms. The molecule has 1 amide bonds. The lowest BCUT2D eigenvalue weighted by atomic mass is 9.84. The SMILES string of the molecule is CCC(C)(C(=O)NC1CCN2CCCC12)C(N)=NO. The first-order valence-corrected chi connectivity index (χ1v) is 7.06. The van der Waals surface area contributed by atoms with Gasteiger partial charge >= 0.3 is 0 Å². The number of nitrogens with two attached hydrogens (primary N) is 1. The van der Waals surface area contributed by atoms with Crippen LogP contribution in [0, 0.1) is 5.41 Å². The van der Waals surface area contributed by atoms with Crippen molar-refractivity contribution in [2.45, 2.75) is 51.6 Å². The van der Waals surface area contributed by atoms with Gasteiger partial charge < -0.3 is 16.3 Å². The largest absolute Gasteiger partial charge is 0.409 e. The molecule has 0 aromatic rings. The van der Waals surface area contributed by atoms with Gasteiger partial charge in [0.2, 0.25) is 5.91 Å². The molecule has 0 aliphatic carbocycles. The van der Waals surface area contributed by atoms with Crippen molar-refractivity contribution >= 4 is 11.7 Å². The van der Waals surface area contributed by atoms with Crippen molar-refractivity contribution in [3.05, 3.63) is 0 Å². The van der Waals surface area contributed by atoms with E-state index in [1.165, 1.54) is 6.42 Å². The van der Waals surface area contributed by atoms with Crippen molar-refractivity contribution in [1.29, 1.82) is 0 Å². The lowest BCUT2D eigenvalue weighted by Gasteiger charge is -2.29. The zero-order valence-corrected chi connectivity index (χ0v) is 11.7. The summed E-state index contributed by atoms with van der Waals surface area (Å²) in [5.41, 5.74) is 4.74. The highest BCUT2D eigenvalue weighted by Crippen LogP contribution is 2.29. The molecule has 3 unspecified atom stereocenters. The minimum atomic E-state index is -0.930. The molecule has 0 aromatic heterocycles. The fourth-order valence-electron chi connectivity index (χ4n) is 3.15. The van der Waals surface area contributed by atoms with Gasteiger partial charge in [0.25, 0.3) is 0 Å². The van der Waals surface area contributed by atoms with E-state index < -0.39 is 5.41 Å². The molecule has 2 heterocycles. The smallest absolute Gasteiger partial charge is 0.233 e. The molecule has 3 atom stereocenters. The maximum atomic E-state index is 12.4. The van der Waals surface area contributed by atoms with E-state index >= 15 is 0 Å². The summed E-state index contributed by atoms with van der Waals surface area (Å²) in [5, 5.41) is 15.0. The average molecular weight is 268 g/mol. The topological polar surface area (TPSA) is 91.0 Å². The molecule has 2 aliphatic rings. The van der Waals surface area contributed by atoms with Crippen molar-refractivity contribution < 1.29 is 10.0 Å². The highest BCUT2D eigenvalue weighted by Gasteiger charge is 2.42. The van der Waals surface area contributed by atoms with Crippen molar-refractivity contribution in [3.63, 3.8) is 0 Å². The number of nitrogens with zero attached hydrogens (tertiary/aromatic N) is 2. The van der Waals surface area contributed by atoms with Crippen molar-refractivity contribution in [2.24, 2.45) is 16.3 Å². The molecular weight excluding hydrogens is 244 g/mol. The maximum absolute atomic E-state index is 12.4. The highest BCUT2D eigenvalue weighted by molar-refractivity contribution is 6.06. The highest BCUT2D eigenvalue weighted by atomic mass is 16.4. The lowest BCUT2D eigenvalue weighted by molar-refractivity contribution is -0.128. The zero-order chi connectivity index (χ0) is 14.0. The van der Waals surface area contributed by atoms with Crippen LogP contribution in [0.25, 0.3) is 0 Å². The molecule has 108 valence electrons. The van der Waals surface area contributed by atoms with E-state index in [1.807, 2.05) is 6.92 Å². The molecule has 0 spiro atoms.